The van der Waals surface area contributed by atoms with Gasteiger partial charge in [0.15, 0.2) is 0 Å². The molecule has 66 valence electrons. The Kier molecular flexibility index (Phi) is 3.87. The van der Waals surface area contributed by atoms with E-state index in [1.54, 1.807) is 0 Å². The second-order valence-corrected chi connectivity index (χ2v) is 3.31. The number of hydrogen-bond acceptors (Lipinski definition) is 2. The molecule has 1 rings (SSSR count). The van der Waals surface area contributed by atoms with Gasteiger partial charge < -0.3 is 10.1 Å². The summed E-state index contributed by atoms with van der Waals surface area (Å²) in [6, 6.07) is 0.613. The van der Waals surface area contributed by atoms with Crippen LogP contribution in [0.4, 0.5) is 0 Å². The summed E-state index contributed by atoms with van der Waals surface area (Å²) in [5, 5.41) is 3.30. The van der Waals surface area contributed by atoms with Crippen molar-refractivity contribution in [2.75, 3.05) is 20.3 Å². The molecule has 1 saturated carbocycles. The monoisotopic (exact) mass is 157 g/mol. The van der Waals surface area contributed by atoms with Crippen LogP contribution in [0.1, 0.15) is 26.2 Å². The van der Waals surface area contributed by atoms with Gasteiger partial charge in [-0.1, -0.05) is 6.92 Å². The molecule has 0 bridgehead atoms. The van der Waals surface area contributed by atoms with Gasteiger partial charge in [-0.2, -0.15) is 0 Å². The van der Waals surface area contributed by atoms with Gasteiger partial charge in [-0.15, -0.1) is 0 Å². The lowest BCUT2D eigenvalue weighted by Crippen LogP contribution is -2.32. The van der Waals surface area contributed by atoms with Gasteiger partial charge in [0.25, 0.3) is 0 Å². The molecule has 2 nitrogen and oxygen atoms in total. The average molecular weight is 157 g/mol. The number of rotatable bonds is 6. The van der Waals surface area contributed by atoms with E-state index in [9.17, 15) is 0 Å². The molecule has 0 radical (unpaired) electrons. The number of ether oxygens (including phenoxy) is 1. The Morgan fingerprint density at radius 2 is 2.27 bits per heavy atom. The fraction of sp³-hybridized carbons (Fsp3) is 1.00. The van der Waals surface area contributed by atoms with Gasteiger partial charge in [-0.25, -0.2) is 0 Å². The summed E-state index contributed by atoms with van der Waals surface area (Å²) < 4.78 is 5.47. The van der Waals surface area contributed by atoms with Gasteiger partial charge >= 0.3 is 0 Å². The smallest absolute Gasteiger partial charge is 0.0622 e. The highest BCUT2D eigenvalue weighted by molar-refractivity contribution is 4.85. The Morgan fingerprint density at radius 1 is 1.55 bits per heavy atom. The highest BCUT2D eigenvalue weighted by atomic mass is 16.5. The average Bonchev–Trinajstić information content (AvgIpc) is 2.81. The van der Waals surface area contributed by atoms with Crippen molar-refractivity contribution in [1.29, 1.82) is 0 Å². The fourth-order valence-electron chi connectivity index (χ4n) is 1.31. The van der Waals surface area contributed by atoms with Crippen molar-refractivity contribution >= 4 is 0 Å². The third-order valence-corrected chi connectivity index (χ3v) is 2.21. The Hall–Kier alpha value is -0.0800. The van der Waals surface area contributed by atoms with Crippen LogP contribution in [-0.4, -0.2) is 26.3 Å². The molecule has 11 heavy (non-hydrogen) atoms. The molecule has 0 amide bonds. The zero-order valence-electron chi connectivity index (χ0n) is 7.60. The Bertz CT molecular complexity index is 102. The zero-order valence-corrected chi connectivity index (χ0v) is 7.60. The van der Waals surface area contributed by atoms with E-state index in [1.807, 2.05) is 7.05 Å². The maximum absolute atomic E-state index is 5.47. The highest BCUT2D eigenvalue weighted by Crippen LogP contribution is 2.32. The van der Waals surface area contributed by atoms with Crippen LogP contribution in [0.25, 0.3) is 0 Å². The first-order valence-electron chi connectivity index (χ1n) is 4.63. The molecular weight excluding hydrogens is 138 g/mol. The van der Waals surface area contributed by atoms with Gasteiger partial charge in [0.05, 0.1) is 6.61 Å². The van der Waals surface area contributed by atoms with E-state index in [0.717, 1.165) is 25.6 Å². The highest BCUT2D eigenvalue weighted by Gasteiger charge is 2.29. The molecule has 2 heteroatoms. The maximum Gasteiger partial charge on any atom is 0.0622 e. The normalized spacial score (nSPS) is 20.2. The molecule has 0 aromatic heterocycles. The Morgan fingerprint density at radius 3 is 2.73 bits per heavy atom. The summed E-state index contributed by atoms with van der Waals surface area (Å²) in [6.07, 6.45) is 3.91. The van der Waals surface area contributed by atoms with E-state index in [-0.39, 0.29) is 0 Å². The first-order valence-corrected chi connectivity index (χ1v) is 4.63. The van der Waals surface area contributed by atoms with Crippen LogP contribution in [0.15, 0.2) is 0 Å². The second kappa shape index (κ2) is 4.73. The minimum atomic E-state index is 0.613. The molecule has 0 aromatic rings. The first-order chi connectivity index (χ1) is 5.38. The van der Waals surface area contributed by atoms with E-state index in [2.05, 4.69) is 12.2 Å². The molecule has 0 aromatic carbocycles. The molecule has 0 heterocycles. The van der Waals surface area contributed by atoms with Crippen LogP contribution in [0, 0.1) is 5.92 Å². The van der Waals surface area contributed by atoms with Crippen LogP contribution in [0.2, 0.25) is 0 Å². The van der Waals surface area contributed by atoms with Crippen LogP contribution in [0.5, 0.6) is 0 Å². The predicted octanol–water partition coefficient (Wildman–Crippen LogP) is 1.41. The van der Waals surface area contributed by atoms with Crippen LogP contribution < -0.4 is 5.32 Å². The summed E-state index contributed by atoms with van der Waals surface area (Å²) in [7, 11) is 2.03. The molecule has 1 aliphatic carbocycles. The van der Waals surface area contributed by atoms with Crippen LogP contribution >= 0.6 is 0 Å². The third-order valence-electron chi connectivity index (χ3n) is 2.21. The molecule has 0 aliphatic heterocycles. The maximum atomic E-state index is 5.47. The topological polar surface area (TPSA) is 21.3 Å². The largest absolute Gasteiger partial charge is 0.380 e. The quantitative estimate of drug-likeness (QED) is 0.589. The van der Waals surface area contributed by atoms with E-state index in [4.69, 9.17) is 4.74 Å². The summed E-state index contributed by atoms with van der Waals surface area (Å²) in [6.45, 7) is 3.95. The molecule has 0 saturated heterocycles. The van der Waals surface area contributed by atoms with Gasteiger partial charge in [0.1, 0.15) is 0 Å². The van der Waals surface area contributed by atoms with Gasteiger partial charge in [-0.05, 0) is 32.2 Å². The number of nitrogens with one attached hydrogen (secondary N) is 1. The second-order valence-electron chi connectivity index (χ2n) is 3.31. The first kappa shape index (κ1) is 9.01. The van der Waals surface area contributed by atoms with Crippen molar-refractivity contribution in [1.82, 2.24) is 5.32 Å². The molecule has 1 unspecified atom stereocenters. The van der Waals surface area contributed by atoms with E-state index >= 15 is 0 Å². The van der Waals surface area contributed by atoms with Gasteiger partial charge in [-0.3, -0.25) is 0 Å². The van der Waals surface area contributed by atoms with Crippen molar-refractivity contribution in [3.05, 3.63) is 0 Å². The van der Waals surface area contributed by atoms with Crippen molar-refractivity contribution in [2.24, 2.45) is 5.92 Å². The van der Waals surface area contributed by atoms with Crippen LogP contribution in [-0.2, 0) is 4.74 Å². The molecule has 1 atom stereocenters. The van der Waals surface area contributed by atoms with Crippen molar-refractivity contribution in [2.45, 2.75) is 32.2 Å². The number of hydrogen-bond donors (Lipinski definition) is 1. The molecule has 0 spiro atoms. The summed E-state index contributed by atoms with van der Waals surface area (Å²) in [5.74, 6) is 0.900. The minimum Gasteiger partial charge on any atom is -0.380 e. The van der Waals surface area contributed by atoms with Crippen molar-refractivity contribution < 1.29 is 4.74 Å². The zero-order chi connectivity index (χ0) is 8.10. The predicted molar refractivity (Wildman–Crippen MR) is 46.7 cm³/mol. The Balaban J connectivity index is 2.01. The molecule has 1 N–H and O–H groups in total. The standard InChI is InChI=1S/C9H19NO/c1-3-6-11-7-9(10-2)8-4-5-8/h8-10H,3-7H2,1-2H3. The summed E-state index contributed by atoms with van der Waals surface area (Å²) in [5.41, 5.74) is 0. The van der Waals surface area contributed by atoms with E-state index in [0.29, 0.717) is 6.04 Å². The van der Waals surface area contributed by atoms with E-state index in [1.165, 1.54) is 12.8 Å². The molecular formula is C9H19NO. The third kappa shape index (κ3) is 3.21. The summed E-state index contributed by atoms with van der Waals surface area (Å²) >= 11 is 0. The summed E-state index contributed by atoms with van der Waals surface area (Å²) in [4.78, 5) is 0. The lowest BCUT2D eigenvalue weighted by Gasteiger charge is -2.14. The number of likely N-dealkylation sites (N-methyl/N-ethyl adjacent to an activating group) is 1. The fourth-order valence-corrected chi connectivity index (χ4v) is 1.31. The minimum absolute atomic E-state index is 0.613. The van der Waals surface area contributed by atoms with Gasteiger partial charge in [0, 0.05) is 12.6 Å². The van der Waals surface area contributed by atoms with Gasteiger partial charge in [0.2, 0.25) is 0 Å². The lowest BCUT2D eigenvalue weighted by molar-refractivity contribution is 0.108. The SMILES string of the molecule is CCCOCC(NC)C1CC1. The molecule has 1 fully saturated rings. The van der Waals surface area contributed by atoms with E-state index < -0.39 is 0 Å². The Labute approximate surface area is 69.3 Å². The lowest BCUT2D eigenvalue weighted by atomic mass is 10.2. The van der Waals surface area contributed by atoms with Crippen molar-refractivity contribution in [3.63, 3.8) is 0 Å². The van der Waals surface area contributed by atoms with Crippen molar-refractivity contribution in [3.8, 4) is 0 Å². The molecule has 1 aliphatic rings. The van der Waals surface area contributed by atoms with Crippen LogP contribution in [0.3, 0.4) is 0 Å².